The molecule has 0 radical (unpaired) electrons. The number of carbonyl (C=O) groups excluding carboxylic acids is 1. The van der Waals surface area contributed by atoms with E-state index in [2.05, 4.69) is 4.18 Å². The van der Waals surface area contributed by atoms with Gasteiger partial charge < -0.3 is 9.90 Å². The van der Waals surface area contributed by atoms with Crippen molar-refractivity contribution in [1.29, 1.82) is 0 Å². The first-order valence-corrected chi connectivity index (χ1v) is 4.97. The first-order valence-electron chi connectivity index (χ1n) is 3.94. The monoisotopic (exact) mass is 210 g/mol. The summed E-state index contributed by atoms with van der Waals surface area (Å²) in [7, 11) is 0. The largest absolute Gasteiger partial charge is 0.396 e. The summed E-state index contributed by atoms with van der Waals surface area (Å²) in [4.78, 5) is 10.3. The highest BCUT2D eigenvalue weighted by Gasteiger charge is 2.15. The molecular weight excluding hydrogens is 196 g/mol. The van der Waals surface area contributed by atoms with Crippen LogP contribution in [0, 0.1) is 5.92 Å². The van der Waals surface area contributed by atoms with Crippen LogP contribution >= 0.6 is 0 Å². The van der Waals surface area contributed by atoms with Gasteiger partial charge in [0.05, 0.1) is 0 Å². The number of hydrogen-bond acceptors (Lipinski definition) is 4. The van der Waals surface area contributed by atoms with E-state index in [-0.39, 0.29) is 12.5 Å². The average molecular weight is 210 g/mol. The maximum absolute atomic E-state index is 10.3. The maximum Gasteiger partial charge on any atom is 0.302 e. The van der Waals surface area contributed by atoms with E-state index in [0.29, 0.717) is 19.1 Å². The lowest BCUT2D eigenvalue weighted by atomic mass is 10.0. The van der Waals surface area contributed by atoms with Gasteiger partial charge in [-0.1, -0.05) is 6.92 Å². The summed E-state index contributed by atoms with van der Waals surface area (Å²) in [6.45, 7) is 1.87. The topological polar surface area (TPSA) is 83.8 Å². The van der Waals surface area contributed by atoms with Gasteiger partial charge in [-0.2, -0.15) is 4.21 Å². The first kappa shape index (κ1) is 12.7. The number of carbonyl (C=O) groups is 1. The van der Waals surface area contributed by atoms with Crippen molar-refractivity contribution >= 4 is 17.6 Å². The van der Waals surface area contributed by atoms with Gasteiger partial charge in [-0.15, -0.1) is 0 Å². The normalized spacial score (nSPS) is 17.8. The van der Waals surface area contributed by atoms with E-state index in [0.717, 1.165) is 0 Å². The number of aldehydes is 1. The van der Waals surface area contributed by atoms with Gasteiger partial charge in [0, 0.05) is 6.61 Å². The Labute approximate surface area is 79.6 Å². The van der Waals surface area contributed by atoms with Crippen molar-refractivity contribution in [3.63, 3.8) is 0 Å². The molecule has 0 saturated heterocycles. The van der Waals surface area contributed by atoms with Crippen molar-refractivity contribution in [2.45, 2.75) is 25.9 Å². The summed E-state index contributed by atoms with van der Waals surface area (Å²) in [5, 5.41) is 8.57. The summed E-state index contributed by atoms with van der Waals surface area (Å²) in [6, 6.07) is 0. The Morgan fingerprint density at radius 2 is 2.23 bits per heavy atom. The minimum atomic E-state index is -2.41. The van der Waals surface area contributed by atoms with E-state index in [1.807, 2.05) is 6.92 Å². The summed E-state index contributed by atoms with van der Waals surface area (Å²) in [5.41, 5.74) is 0. The minimum Gasteiger partial charge on any atom is -0.396 e. The van der Waals surface area contributed by atoms with Gasteiger partial charge in [0.25, 0.3) is 0 Å². The second-order valence-electron chi connectivity index (χ2n) is 2.84. The van der Waals surface area contributed by atoms with Crippen LogP contribution in [-0.2, 0) is 20.3 Å². The van der Waals surface area contributed by atoms with Gasteiger partial charge in [0.15, 0.2) is 0 Å². The molecule has 0 bridgehead atoms. The summed E-state index contributed by atoms with van der Waals surface area (Å²) in [5.74, 6) is 0.0868. The van der Waals surface area contributed by atoms with Crippen molar-refractivity contribution in [3.05, 3.63) is 0 Å². The molecule has 0 amide bonds. The van der Waals surface area contributed by atoms with Crippen LogP contribution < -0.4 is 0 Å². The third-order valence-electron chi connectivity index (χ3n) is 1.61. The van der Waals surface area contributed by atoms with Crippen LogP contribution in [0.4, 0.5) is 0 Å². The number of hydrogen-bond donors (Lipinski definition) is 2. The molecule has 0 aliphatic heterocycles. The van der Waals surface area contributed by atoms with E-state index in [9.17, 15) is 9.00 Å². The molecule has 0 aromatic rings. The zero-order valence-corrected chi connectivity index (χ0v) is 8.20. The summed E-state index contributed by atoms with van der Waals surface area (Å²) in [6.07, 6.45) is 0.511. The maximum atomic E-state index is 10.3. The van der Waals surface area contributed by atoms with E-state index in [4.69, 9.17) is 9.66 Å². The van der Waals surface area contributed by atoms with Crippen LogP contribution in [0.5, 0.6) is 0 Å². The van der Waals surface area contributed by atoms with Gasteiger partial charge in [-0.25, -0.2) is 0 Å². The highest BCUT2D eigenvalue weighted by molar-refractivity contribution is 7.74. The molecule has 0 aliphatic carbocycles. The van der Waals surface area contributed by atoms with Gasteiger partial charge in [0.2, 0.25) is 0 Å². The predicted octanol–water partition coefficient (Wildman–Crippen LogP) is 0.116. The summed E-state index contributed by atoms with van der Waals surface area (Å²) >= 11 is -2.41. The molecule has 78 valence electrons. The van der Waals surface area contributed by atoms with E-state index >= 15 is 0 Å². The standard InChI is InChI=1S/C7H14O5S/c1-6(2-3-8)4-7(5-9)12-13(10)11/h5-8H,2-4H2,1H3,(H,10,11). The molecule has 0 aliphatic rings. The quantitative estimate of drug-likeness (QED) is 0.460. The number of aliphatic hydroxyl groups is 1. The lowest BCUT2D eigenvalue weighted by Gasteiger charge is -2.13. The van der Waals surface area contributed by atoms with Crippen LogP contribution in [0.25, 0.3) is 0 Å². The zero-order valence-electron chi connectivity index (χ0n) is 7.38. The Bertz CT molecular complexity index is 172. The third kappa shape index (κ3) is 6.83. The van der Waals surface area contributed by atoms with Crippen LogP contribution in [-0.4, -0.2) is 32.9 Å². The Morgan fingerprint density at radius 3 is 2.62 bits per heavy atom. The van der Waals surface area contributed by atoms with Crippen LogP contribution in [0.2, 0.25) is 0 Å². The number of aliphatic hydroxyl groups excluding tert-OH is 1. The smallest absolute Gasteiger partial charge is 0.302 e. The molecular formula is C7H14O5S. The lowest BCUT2D eigenvalue weighted by molar-refractivity contribution is -0.114. The Hall–Kier alpha value is -0.300. The molecule has 13 heavy (non-hydrogen) atoms. The predicted molar refractivity (Wildman–Crippen MR) is 47.2 cm³/mol. The second kappa shape index (κ2) is 7.14. The highest BCUT2D eigenvalue weighted by Crippen LogP contribution is 2.11. The minimum absolute atomic E-state index is 0.0367. The molecule has 0 saturated carbocycles. The van der Waals surface area contributed by atoms with Crippen molar-refractivity contribution in [2.24, 2.45) is 5.92 Å². The van der Waals surface area contributed by atoms with Gasteiger partial charge >= 0.3 is 11.4 Å². The van der Waals surface area contributed by atoms with Gasteiger partial charge in [-0.3, -0.25) is 8.74 Å². The van der Waals surface area contributed by atoms with Crippen LogP contribution in [0.15, 0.2) is 0 Å². The first-order chi connectivity index (χ1) is 6.10. The molecule has 3 unspecified atom stereocenters. The van der Waals surface area contributed by atoms with Crippen LogP contribution in [0.1, 0.15) is 19.8 Å². The van der Waals surface area contributed by atoms with Gasteiger partial charge in [-0.05, 0) is 18.8 Å². The van der Waals surface area contributed by atoms with Crippen molar-refractivity contribution in [2.75, 3.05) is 6.61 Å². The molecule has 0 heterocycles. The van der Waals surface area contributed by atoms with Crippen molar-refractivity contribution in [1.82, 2.24) is 0 Å². The summed E-state index contributed by atoms with van der Waals surface area (Å²) < 4.78 is 22.9. The molecule has 0 aromatic carbocycles. The van der Waals surface area contributed by atoms with Gasteiger partial charge in [0.1, 0.15) is 12.4 Å². The fourth-order valence-corrected chi connectivity index (χ4v) is 1.29. The van der Waals surface area contributed by atoms with Crippen molar-refractivity contribution in [3.8, 4) is 0 Å². The molecule has 0 fully saturated rings. The SMILES string of the molecule is CC(CCO)CC(C=O)OS(=O)O. The third-order valence-corrected chi connectivity index (χ3v) is 2.03. The molecule has 0 rings (SSSR count). The lowest BCUT2D eigenvalue weighted by Crippen LogP contribution is -2.19. The fraction of sp³-hybridized carbons (Fsp3) is 0.857. The highest BCUT2D eigenvalue weighted by atomic mass is 32.2. The molecule has 0 spiro atoms. The van der Waals surface area contributed by atoms with Crippen LogP contribution in [0.3, 0.4) is 0 Å². The van der Waals surface area contributed by atoms with Crippen molar-refractivity contribution < 1.29 is 22.8 Å². The van der Waals surface area contributed by atoms with E-state index in [1.165, 1.54) is 0 Å². The molecule has 2 N–H and O–H groups in total. The Balaban J connectivity index is 3.82. The molecule has 0 aromatic heterocycles. The zero-order chi connectivity index (χ0) is 10.3. The van der Waals surface area contributed by atoms with E-state index in [1.54, 1.807) is 0 Å². The number of rotatable bonds is 7. The Morgan fingerprint density at radius 1 is 1.62 bits per heavy atom. The average Bonchev–Trinajstić information content (AvgIpc) is 2.02. The second-order valence-corrected chi connectivity index (χ2v) is 3.47. The molecule has 5 nitrogen and oxygen atoms in total. The molecule has 3 atom stereocenters. The fourth-order valence-electron chi connectivity index (χ4n) is 0.958. The molecule has 6 heteroatoms. The Kier molecular flexibility index (Phi) is 6.97. The van der Waals surface area contributed by atoms with E-state index < -0.39 is 17.5 Å².